The molecule has 1 aliphatic carbocycles. The van der Waals surface area contributed by atoms with Crippen molar-refractivity contribution in [1.82, 2.24) is 9.78 Å². The first kappa shape index (κ1) is 12.3. The van der Waals surface area contributed by atoms with Crippen molar-refractivity contribution in [3.8, 4) is 5.69 Å². The lowest BCUT2D eigenvalue weighted by Crippen LogP contribution is -2.10. The summed E-state index contributed by atoms with van der Waals surface area (Å²) in [6.45, 7) is 0. The first-order valence-electron chi connectivity index (χ1n) is 7.23. The van der Waals surface area contributed by atoms with Gasteiger partial charge in [0, 0.05) is 6.07 Å². The highest BCUT2D eigenvalue weighted by atomic mass is 15.3. The Hall–Kier alpha value is -1.77. The molecule has 2 N–H and O–H groups in total. The number of hydrogen-bond acceptors (Lipinski definition) is 2. The van der Waals surface area contributed by atoms with Gasteiger partial charge in [0.15, 0.2) is 0 Å². The van der Waals surface area contributed by atoms with Crippen molar-refractivity contribution in [1.29, 1.82) is 0 Å². The second kappa shape index (κ2) is 5.47. The van der Waals surface area contributed by atoms with Gasteiger partial charge in [0.05, 0.1) is 11.4 Å². The Kier molecular flexibility index (Phi) is 3.53. The van der Waals surface area contributed by atoms with E-state index >= 15 is 0 Å². The average Bonchev–Trinajstić information content (AvgIpc) is 2.82. The monoisotopic (exact) mass is 255 g/mol. The second-order valence-electron chi connectivity index (χ2n) is 5.52. The number of anilines is 1. The maximum Gasteiger partial charge on any atom is 0.127 e. The van der Waals surface area contributed by atoms with E-state index in [1.165, 1.54) is 32.1 Å². The molecule has 3 nitrogen and oxygen atoms in total. The van der Waals surface area contributed by atoms with Gasteiger partial charge in [-0.25, -0.2) is 4.68 Å². The van der Waals surface area contributed by atoms with Gasteiger partial charge in [-0.05, 0) is 24.5 Å². The topological polar surface area (TPSA) is 43.8 Å². The van der Waals surface area contributed by atoms with Crippen LogP contribution in [0.2, 0.25) is 0 Å². The highest BCUT2D eigenvalue weighted by Gasteiger charge is 2.16. The number of hydrogen-bond donors (Lipinski definition) is 1. The zero-order valence-electron chi connectivity index (χ0n) is 11.3. The van der Waals surface area contributed by atoms with Crippen LogP contribution in [0.4, 0.5) is 5.82 Å². The lowest BCUT2D eigenvalue weighted by atomic mass is 9.86. The number of aromatic nitrogens is 2. The summed E-state index contributed by atoms with van der Waals surface area (Å²) in [4.78, 5) is 0. The fourth-order valence-corrected chi connectivity index (χ4v) is 3.01. The Morgan fingerprint density at radius 1 is 1.11 bits per heavy atom. The first-order chi connectivity index (χ1) is 9.33. The fourth-order valence-electron chi connectivity index (χ4n) is 3.01. The molecule has 0 radical (unpaired) electrons. The van der Waals surface area contributed by atoms with Crippen LogP contribution in [0.1, 0.15) is 37.8 Å². The summed E-state index contributed by atoms with van der Waals surface area (Å²) >= 11 is 0. The van der Waals surface area contributed by atoms with Crippen molar-refractivity contribution in [2.45, 2.75) is 38.5 Å². The minimum atomic E-state index is 0.733. The van der Waals surface area contributed by atoms with E-state index < -0.39 is 0 Å². The van der Waals surface area contributed by atoms with E-state index in [1.54, 1.807) is 0 Å². The Morgan fingerprint density at radius 3 is 2.58 bits per heavy atom. The maximum absolute atomic E-state index is 6.08. The van der Waals surface area contributed by atoms with E-state index in [1.807, 2.05) is 41.1 Å². The summed E-state index contributed by atoms with van der Waals surface area (Å²) < 4.78 is 1.85. The third kappa shape index (κ3) is 2.80. The molecule has 1 fully saturated rings. The SMILES string of the molecule is Nc1cc(CC2CCCCC2)nn1-c1ccccc1. The Balaban J connectivity index is 1.77. The predicted octanol–water partition coefficient (Wildman–Crippen LogP) is 3.58. The molecule has 1 aromatic carbocycles. The van der Waals surface area contributed by atoms with Crippen molar-refractivity contribution in [3.05, 3.63) is 42.1 Å². The molecule has 1 heterocycles. The molecular weight excluding hydrogens is 234 g/mol. The van der Waals surface area contributed by atoms with Crippen molar-refractivity contribution < 1.29 is 0 Å². The summed E-state index contributed by atoms with van der Waals surface area (Å²) in [5.74, 6) is 1.53. The smallest absolute Gasteiger partial charge is 0.127 e. The molecule has 0 amide bonds. The number of nitrogens with zero attached hydrogens (tertiary/aromatic N) is 2. The van der Waals surface area contributed by atoms with Gasteiger partial charge in [-0.3, -0.25) is 0 Å². The zero-order chi connectivity index (χ0) is 13.1. The lowest BCUT2D eigenvalue weighted by Gasteiger charge is -2.20. The molecule has 0 bridgehead atoms. The van der Waals surface area contributed by atoms with Gasteiger partial charge < -0.3 is 5.73 Å². The van der Waals surface area contributed by atoms with Gasteiger partial charge in [-0.2, -0.15) is 5.10 Å². The molecule has 2 aromatic rings. The minimum Gasteiger partial charge on any atom is -0.384 e. The van der Waals surface area contributed by atoms with Crippen molar-refractivity contribution in [2.24, 2.45) is 5.92 Å². The number of nitrogens with two attached hydrogens (primary N) is 1. The third-order valence-corrected chi connectivity index (χ3v) is 4.01. The predicted molar refractivity (Wildman–Crippen MR) is 78.3 cm³/mol. The summed E-state index contributed by atoms with van der Waals surface area (Å²) in [5.41, 5.74) is 8.25. The van der Waals surface area contributed by atoms with Gasteiger partial charge in [-0.1, -0.05) is 50.3 Å². The largest absolute Gasteiger partial charge is 0.384 e. The van der Waals surface area contributed by atoms with Crippen LogP contribution in [0.5, 0.6) is 0 Å². The molecule has 100 valence electrons. The normalized spacial score (nSPS) is 16.6. The standard InChI is InChI=1S/C16H21N3/c17-16-12-14(11-13-7-3-1-4-8-13)18-19(16)15-9-5-2-6-10-15/h2,5-6,9-10,12-13H,1,3-4,7-8,11,17H2. The maximum atomic E-state index is 6.08. The number of para-hydroxylation sites is 1. The van der Waals surface area contributed by atoms with Gasteiger partial charge in [0.2, 0.25) is 0 Å². The highest BCUT2D eigenvalue weighted by Crippen LogP contribution is 2.27. The van der Waals surface area contributed by atoms with E-state index in [2.05, 4.69) is 5.10 Å². The van der Waals surface area contributed by atoms with E-state index in [0.29, 0.717) is 0 Å². The van der Waals surface area contributed by atoms with Crippen LogP contribution in [0, 0.1) is 5.92 Å². The highest BCUT2D eigenvalue weighted by molar-refractivity contribution is 5.42. The molecule has 0 atom stereocenters. The third-order valence-electron chi connectivity index (χ3n) is 4.01. The summed E-state index contributed by atoms with van der Waals surface area (Å²) in [6, 6.07) is 12.1. The van der Waals surface area contributed by atoms with Crippen molar-refractivity contribution in [2.75, 3.05) is 5.73 Å². The van der Waals surface area contributed by atoms with Crippen molar-refractivity contribution >= 4 is 5.82 Å². The van der Waals surface area contributed by atoms with Crippen LogP contribution < -0.4 is 5.73 Å². The number of nitrogen functional groups attached to an aromatic ring is 1. The lowest BCUT2D eigenvalue weighted by molar-refractivity contribution is 0.354. The molecule has 0 unspecified atom stereocenters. The molecule has 0 aliphatic heterocycles. The van der Waals surface area contributed by atoms with Gasteiger partial charge in [-0.15, -0.1) is 0 Å². The Morgan fingerprint density at radius 2 is 1.84 bits per heavy atom. The van der Waals surface area contributed by atoms with Gasteiger partial charge in [0.1, 0.15) is 5.82 Å². The zero-order valence-corrected chi connectivity index (χ0v) is 11.3. The van der Waals surface area contributed by atoms with Gasteiger partial charge >= 0.3 is 0 Å². The van der Waals surface area contributed by atoms with E-state index in [4.69, 9.17) is 5.73 Å². The van der Waals surface area contributed by atoms with E-state index in [0.717, 1.165) is 29.5 Å². The van der Waals surface area contributed by atoms with Gasteiger partial charge in [0.25, 0.3) is 0 Å². The molecule has 1 aromatic heterocycles. The molecule has 1 saturated carbocycles. The number of benzene rings is 1. The average molecular weight is 255 g/mol. The quantitative estimate of drug-likeness (QED) is 0.911. The molecular formula is C16H21N3. The van der Waals surface area contributed by atoms with E-state index in [9.17, 15) is 0 Å². The Labute approximate surface area is 114 Å². The van der Waals surface area contributed by atoms with Crippen molar-refractivity contribution in [3.63, 3.8) is 0 Å². The van der Waals surface area contributed by atoms with Crippen LogP contribution >= 0.6 is 0 Å². The molecule has 0 saturated heterocycles. The van der Waals surface area contributed by atoms with Crippen LogP contribution in [0.15, 0.2) is 36.4 Å². The minimum absolute atomic E-state index is 0.733. The number of rotatable bonds is 3. The first-order valence-corrected chi connectivity index (χ1v) is 7.23. The van der Waals surface area contributed by atoms with E-state index in [-0.39, 0.29) is 0 Å². The van der Waals surface area contributed by atoms with Crippen LogP contribution in [-0.4, -0.2) is 9.78 Å². The molecule has 3 heteroatoms. The van der Waals surface area contributed by atoms with Crippen LogP contribution in [-0.2, 0) is 6.42 Å². The van der Waals surface area contributed by atoms with Crippen LogP contribution in [0.3, 0.4) is 0 Å². The van der Waals surface area contributed by atoms with Crippen LogP contribution in [0.25, 0.3) is 5.69 Å². The molecule has 0 spiro atoms. The molecule has 3 rings (SSSR count). The second-order valence-corrected chi connectivity index (χ2v) is 5.52. The summed E-state index contributed by atoms with van der Waals surface area (Å²) in [5, 5.41) is 4.67. The summed E-state index contributed by atoms with van der Waals surface area (Å²) in [7, 11) is 0. The fraction of sp³-hybridized carbons (Fsp3) is 0.438. The molecule has 19 heavy (non-hydrogen) atoms. The summed E-state index contributed by atoms with van der Waals surface area (Å²) in [6.07, 6.45) is 7.91. The molecule has 1 aliphatic rings. The Bertz CT molecular complexity index is 524.